The number of ether oxygens (including phenoxy) is 1. The summed E-state index contributed by atoms with van der Waals surface area (Å²) in [4.78, 5) is 22.0. The number of hydrogen-bond acceptors (Lipinski definition) is 4. The van der Waals surface area contributed by atoms with Crippen molar-refractivity contribution < 1.29 is 14.3 Å². The molecule has 4 nitrogen and oxygen atoms in total. The molecule has 0 atom stereocenters. The standard InChI is InChI=1S/C10H11NO3/c1-7(12)8-4-2-3-5-9(8)14-10(13)6-11/h2-5H,6,11H2,1H3. The van der Waals surface area contributed by atoms with Crippen LogP contribution in [0.15, 0.2) is 24.3 Å². The Balaban J connectivity index is 2.95. The van der Waals surface area contributed by atoms with Gasteiger partial charge in [0, 0.05) is 0 Å². The highest BCUT2D eigenvalue weighted by atomic mass is 16.5. The molecular weight excluding hydrogens is 182 g/mol. The maximum absolute atomic E-state index is 11.1. The van der Waals surface area contributed by atoms with Crippen LogP contribution in [0.2, 0.25) is 0 Å². The number of hydrogen-bond donors (Lipinski definition) is 1. The number of ketones is 1. The molecule has 0 heterocycles. The molecule has 0 amide bonds. The predicted molar refractivity (Wildman–Crippen MR) is 51.1 cm³/mol. The molecule has 2 N–H and O–H groups in total. The maximum Gasteiger partial charge on any atom is 0.325 e. The summed E-state index contributed by atoms with van der Waals surface area (Å²) in [5.41, 5.74) is 5.47. The van der Waals surface area contributed by atoms with Crippen molar-refractivity contribution >= 4 is 11.8 Å². The fourth-order valence-corrected chi connectivity index (χ4v) is 1.01. The lowest BCUT2D eigenvalue weighted by Gasteiger charge is -2.05. The average Bonchev–Trinajstić information content (AvgIpc) is 2.18. The van der Waals surface area contributed by atoms with E-state index in [1.54, 1.807) is 24.3 Å². The third kappa shape index (κ3) is 2.40. The molecule has 0 saturated heterocycles. The van der Waals surface area contributed by atoms with E-state index < -0.39 is 5.97 Å². The first-order chi connectivity index (χ1) is 6.65. The Kier molecular flexibility index (Phi) is 3.36. The zero-order valence-corrected chi connectivity index (χ0v) is 7.82. The average molecular weight is 193 g/mol. The van der Waals surface area contributed by atoms with Gasteiger partial charge < -0.3 is 10.5 Å². The maximum atomic E-state index is 11.1. The zero-order chi connectivity index (χ0) is 10.6. The Morgan fingerprint density at radius 1 is 1.36 bits per heavy atom. The van der Waals surface area contributed by atoms with Gasteiger partial charge in [-0.15, -0.1) is 0 Å². The van der Waals surface area contributed by atoms with Crippen molar-refractivity contribution in [1.82, 2.24) is 0 Å². The summed E-state index contributed by atoms with van der Waals surface area (Å²) >= 11 is 0. The minimum absolute atomic E-state index is 0.148. The van der Waals surface area contributed by atoms with Crippen molar-refractivity contribution in [3.05, 3.63) is 29.8 Å². The predicted octanol–water partition coefficient (Wildman–Crippen LogP) is 0.753. The van der Waals surface area contributed by atoms with Crippen LogP contribution in [0.25, 0.3) is 0 Å². The van der Waals surface area contributed by atoms with Crippen molar-refractivity contribution in [2.75, 3.05) is 6.54 Å². The normalized spacial score (nSPS) is 9.57. The Labute approximate surface area is 81.7 Å². The van der Waals surface area contributed by atoms with Crippen molar-refractivity contribution in [1.29, 1.82) is 0 Å². The number of nitrogens with two attached hydrogens (primary N) is 1. The molecule has 0 saturated carbocycles. The van der Waals surface area contributed by atoms with E-state index in [-0.39, 0.29) is 18.1 Å². The quantitative estimate of drug-likeness (QED) is 0.437. The molecule has 0 aliphatic rings. The number of rotatable bonds is 3. The summed E-state index contributed by atoms with van der Waals surface area (Å²) in [7, 11) is 0. The van der Waals surface area contributed by atoms with Gasteiger partial charge in [0.2, 0.25) is 0 Å². The summed E-state index contributed by atoms with van der Waals surface area (Å²) in [6.45, 7) is 1.21. The zero-order valence-electron chi connectivity index (χ0n) is 7.82. The van der Waals surface area contributed by atoms with E-state index in [4.69, 9.17) is 10.5 Å². The highest BCUT2D eigenvalue weighted by Crippen LogP contribution is 2.18. The Bertz CT molecular complexity index is 360. The highest BCUT2D eigenvalue weighted by Gasteiger charge is 2.09. The summed E-state index contributed by atoms with van der Waals surface area (Å²) in [6, 6.07) is 6.55. The highest BCUT2D eigenvalue weighted by molar-refractivity contribution is 5.97. The van der Waals surface area contributed by atoms with Crippen molar-refractivity contribution in [2.45, 2.75) is 6.92 Å². The van der Waals surface area contributed by atoms with E-state index in [1.165, 1.54) is 6.92 Å². The lowest BCUT2D eigenvalue weighted by Crippen LogP contribution is -2.20. The lowest BCUT2D eigenvalue weighted by molar-refractivity contribution is -0.132. The van der Waals surface area contributed by atoms with Crippen LogP contribution in [0.3, 0.4) is 0 Å². The van der Waals surface area contributed by atoms with Crippen LogP contribution in [0, 0.1) is 0 Å². The Morgan fingerprint density at radius 3 is 2.57 bits per heavy atom. The summed E-state index contributed by atoms with van der Waals surface area (Å²) in [5, 5.41) is 0. The van der Waals surface area contributed by atoms with Gasteiger partial charge >= 0.3 is 5.97 Å². The molecule has 0 fully saturated rings. The van der Waals surface area contributed by atoms with E-state index >= 15 is 0 Å². The van der Waals surface area contributed by atoms with Gasteiger partial charge in [-0.1, -0.05) is 12.1 Å². The van der Waals surface area contributed by atoms with Gasteiger partial charge in [-0.3, -0.25) is 9.59 Å². The van der Waals surface area contributed by atoms with Crippen molar-refractivity contribution in [3.63, 3.8) is 0 Å². The molecule has 0 aromatic heterocycles. The Morgan fingerprint density at radius 2 is 2.00 bits per heavy atom. The van der Waals surface area contributed by atoms with Crippen LogP contribution >= 0.6 is 0 Å². The number of esters is 1. The van der Waals surface area contributed by atoms with Crippen molar-refractivity contribution in [2.24, 2.45) is 5.73 Å². The summed E-state index contributed by atoms with van der Waals surface area (Å²) in [5.74, 6) is -0.445. The van der Waals surface area contributed by atoms with Crippen LogP contribution < -0.4 is 10.5 Å². The van der Waals surface area contributed by atoms with E-state index in [9.17, 15) is 9.59 Å². The van der Waals surface area contributed by atoms with Gasteiger partial charge in [0.25, 0.3) is 0 Å². The summed E-state index contributed by atoms with van der Waals surface area (Å²) in [6.07, 6.45) is 0. The molecule has 1 aromatic rings. The van der Waals surface area contributed by atoms with Crippen LogP contribution in [-0.4, -0.2) is 18.3 Å². The molecule has 14 heavy (non-hydrogen) atoms. The minimum atomic E-state index is -0.557. The summed E-state index contributed by atoms with van der Waals surface area (Å²) < 4.78 is 4.87. The van der Waals surface area contributed by atoms with Crippen LogP contribution in [0.5, 0.6) is 5.75 Å². The van der Waals surface area contributed by atoms with E-state index in [0.717, 1.165) is 0 Å². The van der Waals surface area contributed by atoms with Gasteiger partial charge in [-0.25, -0.2) is 0 Å². The largest absolute Gasteiger partial charge is 0.425 e. The number of para-hydroxylation sites is 1. The molecule has 0 bridgehead atoms. The van der Waals surface area contributed by atoms with Gasteiger partial charge in [-0.05, 0) is 19.1 Å². The fraction of sp³-hybridized carbons (Fsp3) is 0.200. The number of Topliss-reactive ketones (excluding diaryl/α,β-unsaturated/α-hetero) is 1. The van der Waals surface area contributed by atoms with E-state index in [0.29, 0.717) is 5.56 Å². The second-order valence-corrected chi connectivity index (χ2v) is 2.73. The third-order valence-electron chi connectivity index (χ3n) is 1.66. The van der Waals surface area contributed by atoms with Crippen LogP contribution in [0.1, 0.15) is 17.3 Å². The van der Waals surface area contributed by atoms with Crippen molar-refractivity contribution in [3.8, 4) is 5.75 Å². The van der Waals surface area contributed by atoms with Gasteiger partial charge in [0.05, 0.1) is 12.1 Å². The molecular formula is C10H11NO3. The number of benzene rings is 1. The van der Waals surface area contributed by atoms with E-state index in [2.05, 4.69) is 0 Å². The van der Waals surface area contributed by atoms with Gasteiger partial charge in [0.1, 0.15) is 5.75 Å². The number of carbonyl (C=O) groups is 2. The van der Waals surface area contributed by atoms with Crippen LogP contribution in [0.4, 0.5) is 0 Å². The first-order valence-corrected chi connectivity index (χ1v) is 4.16. The fourth-order valence-electron chi connectivity index (χ4n) is 1.01. The van der Waals surface area contributed by atoms with Crippen LogP contribution in [-0.2, 0) is 4.79 Å². The second-order valence-electron chi connectivity index (χ2n) is 2.73. The molecule has 0 aliphatic carbocycles. The first-order valence-electron chi connectivity index (χ1n) is 4.16. The third-order valence-corrected chi connectivity index (χ3v) is 1.66. The van der Waals surface area contributed by atoms with Gasteiger partial charge in [0.15, 0.2) is 5.78 Å². The topological polar surface area (TPSA) is 69.4 Å². The molecule has 4 heteroatoms. The lowest BCUT2D eigenvalue weighted by atomic mass is 10.1. The number of carbonyl (C=O) groups excluding carboxylic acids is 2. The smallest absolute Gasteiger partial charge is 0.325 e. The molecule has 0 unspecified atom stereocenters. The molecule has 0 spiro atoms. The monoisotopic (exact) mass is 193 g/mol. The van der Waals surface area contributed by atoms with E-state index in [1.807, 2.05) is 0 Å². The second kappa shape index (κ2) is 4.53. The molecule has 0 aliphatic heterocycles. The molecule has 1 aromatic carbocycles. The first kappa shape index (κ1) is 10.4. The minimum Gasteiger partial charge on any atom is -0.425 e. The Hall–Kier alpha value is -1.68. The van der Waals surface area contributed by atoms with Gasteiger partial charge in [-0.2, -0.15) is 0 Å². The molecule has 0 radical (unpaired) electrons. The molecule has 74 valence electrons. The SMILES string of the molecule is CC(=O)c1ccccc1OC(=O)CN. The molecule has 1 rings (SSSR count).